The monoisotopic (exact) mass is 645 g/mol. The van der Waals surface area contributed by atoms with Crippen molar-refractivity contribution in [2.45, 2.75) is 69.5 Å². The molecule has 0 heterocycles. The van der Waals surface area contributed by atoms with E-state index in [1.807, 2.05) is 0 Å². The molecule has 0 unspecified atom stereocenters. The Morgan fingerprint density at radius 1 is 0.930 bits per heavy atom. The van der Waals surface area contributed by atoms with Gasteiger partial charge in [0.2, 0.25) is 11.8 Å². The summed E-state index contributed by atoms with van der Waals surface area (Å²) in [6, 6.07) is 18.6. The molecule has 1 fully saturated rings. The molecule has 0 aromatic heterocycles. The second kappa shape index (κ2) is 14.9. The minimum absolute atomic E-state index is 0.0119. The maximum absolute atomic E-state index is 14.3. The molecule has 3 aromatic rings. The highest BCUT2D eigenvalue weighted by molar-refractivity contribution is 7.92. The lowest BCUT2D eigenvalue weighted by Gasteiger charge is -2.34. The van der Waals surface area contributed by atoms with Crippen molar-refractivity contribution >= 4 is 50.7 Å². The summed E-state index contributed by atoms with van der Waals surface area (Å²) in [4.78, 5) is 29.1. The van der Waals surface area contributed by atoms with Crippen molar-refractivity contribution in [2.75, 3.05) is 17.5 Å². The lowest BCUT2D eigenvalue weighted by Crippen LogP contribution is -2.53. The van der Waals surface area contributed by atoms with E-state index in [2.05, 4.69) is 5.32 Å². The van der Waals surface area contributed by atoms with Crippen LogP contribution in [-0.2, 0) is 26.2 Å². The number of rotatable bonds is 12. The summed E-state index contributed by atoms with van der Waals surface area (Å²) >= 11 is 13.0. The van der Waals surface area contributed by atoms with Crippen molar-refractivity contribution in [3.05, 3.63) is 88.4 Å². The molecule has 8 nitrogen and oxygen atoms in total. The highest BCUT2D eigenvalue weighted by Gasteiger charge is 2.34. The lowest BCUT2D eigenvalue weighted by molar-refractivity contribution is -0.139. The summed E-state index contributed by atoms with van der Waals surface area (Å²) in [5.74, 6) is -0.621. The van der Waals surface area contributed by atoms with E-state index in [1.165, 1.54) is 17.0 Å². The fourth-order valence-electron chi connectivity index (χ4n) is 5.18. The third kappa shape index (κ3) is 8.02. The van der Waals surface area contributed by atoms with E-state index in [1.54, 1.807) is 74.5 Å². The number of carbonyl (C=O) groups excluding carboxylic acids is 2. The van der Waals surface area contributed by atoms with Gasteiger partial charge in [0.1, 0.15) is 18.3 Å². The van der Waals surface area contributed by atoms with E-state index >= 15 is 0 Å². The quantitative estimate of drug-likeness (QED) is 0.244. The summed E-state index contributed by atoms with van der Waals surface area (Å²) < 4.78 is 34.9. The summed E-state index contributed by atoms with van der Waals surface area (Å²) in [7, 11) is -4.23. The van der Waals surface area contributed by atoms with Gasteiger partial charge >= 0.3 is 0 Å². The number of carbonyl (C=O) groups is 2. The number of ether oxygens (including phenoxy) is 1. The lowest BCUT2D eigenvalue weighted by atomic mass is 9.95. The summed E-state index contributed by atoms with van der Waals surface area (Å²) in [5, 5.41) is 3.75. The van der Waals surface area contributed by atoms with Crippen LogP contribution in [-0.4, -0.2) is 50.4 Å². The number of anilines is 1. The Morgan fingerprint density at radius 2 is 1.56 bits per heavy atom. The van der Waals surface area contributed by atoms with Gasteiger partial charge in [-0.05, 0) is 63.1 Å². The number of sulfonamides is 1. The number of benzene rings is 3. The van der Waals surface area contributed by atoms with Crippen LogP contribution < -0.4 is 14.4 Å². The number of nitrogens with one attached hydrogen (secondary N) is 1. The first kappa shape index (κ1) is 32.6. The van der Waals surface area contributed by atoms with Gasteiger partial charge in [0.05, 0.1) is 17.2 Å². The average Bonchev–Trinajstić information content (AvgIpc) is 3.01. The molecule has 1 aliphatic rings. The fraction of sp³-hybridized carbons (Fsp3) is 0.375. The van der Waals surface area contributed by atoms with Crippen molar-refractivity contribution < 1.29 is 22.7 Å². The molecule has 1 saturated carbocycles. The molecule has 43 heavy (non-hydrogen) atoms. The van der Waals surface area contributed by atoms with Crippen LogP contribution in [0.1, 0.15) is 51.5 Å². The third-order valence-corrected chi connectivity index (χ3v) is 10.0. The van der Waals surface area contributed by atoms with Crippen LogP contribution in [0.5, 0.6) is 5.75 Å². The molecule has 0 bridgehead atoms. The van der Waals surface area contributed by atoms with Crippen LogP contribution in [0.25, 0.3) is 0 Å². The summed E-state index contributed by atoms with van der Waals surface area (Å²) in [5.41, 5.74) is 0.667. The van der Waals surface area contributed by atoms with Gasteiger partial charge in [-0.25, -0.2) is 8.42 Å². The number of hydrogen-bond acceptors (Lipinski definition) is 5. The number of halogens is 2. The number of nitrogens with zero attached hydrogens (tertiary/aromatic N) is 2. The molecule has 230 valence electrons. The Kier molecular flexibility index (Phi) is 11.3. The topological polar surface area (TPSA) is 96.0 Å². The first-order chi connectivity index (χ1) is 20.6. The van der Waals surface area contributed by atoms with Crippen LogP contribution in [0.4, 0.5) is 5.69 Å². The van der Waals surface area contributed by atoms with Crippen LogP contribution in [0.3, 0.4) is 0 Å². The molecule has 0 saturated heterocycles. The molecule has 0 spiro atoms. The molecule has 1 aliphatic carbocycles. The first-order valence-corrected chi connectivity index (χ1v) is 16.7. The highest BCUT2D eigenvalue weighted by atomic mass is 35.5. The van der Waals surface area contributed by atoms with Crippen molar-refractivity contribution in [3.8, 4) is 5.75 Å². The zero-order chi connectivity index (χ0) is 31.0. The predicted molar refractivity (Wildman–Crippen MR) is 170 cm³/mol. The van der Waals surface area contributed by atoms with Gasteiger partial charge < -0.3 is 15.0 Å². The van der Waals surface area contributed by atoms with Gasteiger partial charge in [-0.15, -0.1) is 0 Å². The van der Waals surface area contributed by atoms with E-state index in [0.717, 1.165) is 36.4 Å². The van der Waals surface area contributed by atoms with Gasteiger partial charge in [-0.2, -0.15) is 0 Å². The van der Waals surface area contributed by atoms with Crippen molar-refractivity contribution in [1.29, 1.82) is 0 Å². The molecular weight excluding hydrogens is 609 g/mol. The second-order valence-electron chi connectivity index (χ2n) is 10.5. The molecule has 0 aliphatic heterocycles. The highest BCUT2D eigenvalue weighted by Crippen LogP contribution is 2.33. The average molecular weight is 647 g/mol. The fourth-order valence-corrected chi connectivity index (χ4v) is 7.14. The maximum atomic E-state index is 14.3. The second-order valence-corrected chi connectivity index (χ2v) is 13.1. The molecule has 11 heteroatoms. The van der Waals surface area contributed by atoms with Gasteiger partial charge in [0.15, 0.2) is 0 Å². The number of amides is 2. The minimum atomic E-state index is -4.23. The van der Waals surface area contributed by atoms with Crippen LogP contribution >= 0.6 is 23.2 Å². The Morgan fingerprint density at radius 3 is 2.21 bits per heavy atom. The van der Waals surface area contributed by atoms with Crippen molar-refractivity contribution in [1.82, 2.24) is 10.2 Å². The van der Waals surface area contributed by atoms with E-state index < -0.39 is 28.5 Å². The van der Waals surface area contributed by atoms with Gasteiger partial charge in [0.25, 0.3) is 10.0 Å². The Labute approximate surface area is 264 Å². The van der Waals surface area contributed by atoms with Gasteiger partial charge in [0, 0.05) is 28.2 Å². The van der Waals surface area contributed by atoms with Crippen LogP contribution in [0, 0.1) is 0 Å². The Hall–Kier alpha value is -3.27. The molecule has 2 amide bonds. The Balaban J connectivity index is 1.74. The van der Waals surface area contributed by atoms with Gasteiger partial charge in [-0.1, -0.05) is 78.9 Å². The van der Waals surface area contributed by atoms with Crippen LogP contribution in [0.15, 0.2) is 77.7 Å². The smallest absolute Gasteiger partial charge is 0.264 e. The van der Waals surface area contributed by atoms with E-state index in [4.69, 9.17) is 27.9 Å². The molecule has 1 N–H and O–H groups in total. The summed E-state index contributed by atoms with van der Waals surface area (Å²) in [6.07, 6.45) is 4.94. The SMILES string of the molecule is CCOc1ccccc1N(CC(=O)N(Cc1c(Cl)cccc1Cl)[C@H](C)C(=O)NC1CCCCC1)S(=O)(=O)c1ccccc1. The van der Waals surface area contributed by atoms with E-state index in [-0.39, 0.29) is 29.1 Å². The molecular formula is C32H37Cl2N3O5S. The van der Waals surface area contributed by atoms with E-state index in [9.17, 15) is 18.0 Å². The third-order valence-electron chi connectivity index (χ3n) is 7.55. The minimum Gasteiger partial charge on any atom is -0.492 e. The number of hydrogen-bond donors (Lipinski definition) is 1. The normalized spacial score (nSPS) is 14.5. The van der Waals surface area contributed by atoms with Gasteiger partial charge in [-0.3, -0.25) is 13.9 Å². The van der Waals surface area contributed by atoms with Crippen molar-refractivity contribution in [3.63, 3.8) is 0 Å². The van der Waals surface area contributed by atoms with E-state index in [0.29, 0.717) is 28.0 Å². The molecule has 3 aromatic carbocycles. The number of para-hydroxylation sites is 2. The zero-order valence-corrected chi connectivity index (χ0v) is 26.7. The van der Waals surface area contributed by atoms with Crippen molar-refractivity contribution in [2.24, 2.45) is 0 Å². The summed E-state index contributed by atoms with van der Waals surface area (Å²) in [6.45, 7) is 3.03. The molecule has 1 atom stereocenters. The maximum Gasteiger partial charge on any atom is 0.264 e. The first-order valence-electron chi connectivity index (χ1n) is 14.5. The molecule has 0 radical (unpaired) electrons. The Bertz CT molecular complexity index is 1490. The molecule has 4 rings (SSSR count). The standard InChI is InChI=1S/C32H37Cl2N3O5S/c1-3-42-30-20-11-10-19-29(30)37(43(40,41)25-15-8-5-9-16-25)22-31(38)36(21-26-27(33)17-12-18-28(26)34)23(2)32(39)35-24-13-6-4-7-14-24/h5,8-12,15-20,23-24H,3-4,6-7,13-14,21-22H2,1-2H3,(H,35,39)/t23-/m1/s1. The zero-order valence-electron chi connectivity index (χ0n) is 24.3. The predicted octanol–water partition coefficient (Wildman–Crippen LogP) is 6.45. The van der Waals surface area contributed by atoms with Crippen LogP contribution in [0.2, 0.25) is 10.0 Å². The largest absolute Gasteiger partial charge is 0.492 e.